The van der Waals surface area contributed by atoms with Gasteiger partial charge in [0.1, 0.15) is 40.2 Å². The average molecular weight is 1850 g/mol. The molecular weight excluding hydrogens is 1730 g/mol. The number of rotatable bonds is 38. The zero-order chi connectivity index (χ0) is 92.9. The molecule has 20 nitrogen and oxygen atoms in total. The van der Waals surface area contributed by atoms with Crippen molar-refractivity contribution in [1.29, 1.82) is 0 Å². The molecule has 0 aromatic heterocycles. The number of thiol groups is 1. The zero-order valence-electron chi connectivity index (χ0n) is 70.6. The molecular formula is C90H120F12O20S3. The maximum absolute atomic E-state index is 12.6. The third-order valence-electron chi connectivity index (χ3n) is 16.9. The SMILES string of the molecule is C.C.CCC(CO)CO.CCC(CO)COc1ccc(C(F)(F)F)cc1.CCC(COc1ccc(C(F)(F)F)cc1)CSc1ccc(OCC(=O)O)c(C)c1.CCOC(=O)C(CC)C(=O)OCC.CCOC(=O)COc1ccc(S)cc1C.CCOC(=O)COc1ccc(SCC(CC)COc2ccc(C(F)(F)F)cc2)cc1C.Oc1ccc(C(F)(F)F)cc1. The third-order valence-corrected chi connectivity index (χ3v) is 19.6. The Balaban J connectivity index is 0. The van der Waals surface area contributed by atoms with E-state index in [9.17, 15) is 76.7 Å². The Bertz CT molecular complexity index is 4090. The van der Waals surface area contributed by atoms with Gasteiger partial charge in [-0.05, 0) is 249 Å². The fraction of sp³-hybridized carbons (Fsp3) is 0.478. The predicted octanol–water partition coefficient (Wildman–Crippen LogP) is 22.0. The molecule has 125 heavy (non-hydrogen) atoms. The summed E-state index contributed by atoms with van der Waals surface area (Å²) in [5.74, 6) is 1.53. The van der Waals surface area contributed by atoms with E-state index in [0.717, 1.165) is 129 Å². The second kappa shape index (κ2) is 63.5. The summed E-state index contributed by atoms with van der Waals surface area (Å²) >= 11 is 7.51. The van der Waals surface area contributed by atoms with E-state index in [1.807, 2.05) is 84.0 Å². The van der Waals surface area contributed by atoms with Crippen LogP contribution in [0.4, 0.5) is 52.7 Å². The minimum atomic E-state index is -4.35. The van der Waals surface area contributed by atoms with Crippen LogP contribution in [0.5, 0.6) is 40.2 Å². The molecule has 7 aromatic rings. The van der Waals surface area contributed by atoms with Crippen LogP contribution < -0.4 is 28.4 Å². The highest BCUT2D eigenvalue weighted by Gasteiger charge is 2.33. The number of benzene rings is 7. The van der Waals surface area contributed by atoms with Gasteiger partial charge in [-0.2, -0.15) is 52.7 Å². The summed E-state index contributed by atoms with van der Waals surface area (Å²) in [7, 11) is 0. The number of carboxylic acid groups (broad SMARTS) is 1. The van der Waals surface area contributed by atoms with E-state index in [0.29, 0.717) is 74.0 Å². The number of hydrogen-bond acceptors (Lipinski definition) is 22. The normalized spacial score (nSPS) is 11.6. The van der Waals surface area contributed by atoms with Gasteiger partial charge in [-0.3, -0.25) is 9.59 Å². The molecule has 0 aliphatic carbocycles. The largest absolute Gasteiger partial charge is 0.508 e. The molecule has 0 aliphatic heterocycles. The third kappa shape index (κ3) is 50.5. The molecule has 7 aromatic carbocycles. The number of aromatic hydroxyl groups is 1. The van der Waals surface area contributed by atoms with Crippen molar-refractivity contribution in [2.45, 2.75) is 169 Å². The van der Waals surface area contributed by atoms with Crippen molar-refractivity contribution in [3.63, 3.8) is 0 Å². The van der Waals surface area contributed by atoms with Crippen LogP contribution >= 0.6 is 36.2 Å². The van der Waals surface area contributed by atoms with E-state index in [4.69, 9.17) is 72.9 Å². The van der Waals surface area contributed by atoms with E-state index in [-0.39, 0.29) is 103 Å². The van der Waals surface area contributed by atoms with E-state index in [1.165, 1.54) is 36.4 Å². The van der Waals surface area contributed by atoms with Crippen molar-refractivity contribution >= 4 is 66.0 Å². The fourth-order valence-electron chi connectivity index (χ4n) is 9.40. The summed E-state index contributed by atoms with van der Waals surface area (Å²) in [4.78, 5) is 58.3. The molecule has 7 rings (SSSR count). The molecule has 0 spiro atoms. The summed E-state index contributed by atoms with van der Waals surface area (Å²) in [6.07, 6.45) is -13.6. The lowest BCUT2D eigenvalue weighted by Crippen LogP contribution is -2.27. The highest BCUT2D eigenvalue weighted by atomic mass is 32.2. The minimum Gasteiger partial charge on any atom is -0.508 e. The Labute approximate surface area is 739 Å². The molecule has 5 N–H and O–H groups in total. The lowest BCUT2D eigenvalue weighted by molar-refractivity contribution is -0.162. The number of halogens is 12. The van der Waals surface area contributed by atoms with Gasteiger partial charge < -0.3 is 72.9 Å². The predicted molar refractivity (Wildman–Crippen MR) is 460 cm³/mol. The number of hydrogen-bond donors (Lipinski definition) is 6. The molecule has 0 amide bonds. The van der Waals surface area contributed by atoms with Crippen molar-refractivity contribution in [2.24, 2.45) is 29.6 Å². The number of carboxylic acids is 1. The fourth-order valence-corrected chi connectivity index (χ4v) is 12.0. The Morgan fingerprint density at radius 1 is 0.368 bits per heavy atom. The number of carbonyl (C=O) groups is 5. The van der Waals surface area contributed by atoms with Crippen LogP contribution in [0.1, 0.15) is 148 Å². The van der Waals surface area contributed by atoms with Crippen LogP contribution in [-0.4, -0.2) is 153 Å². The minimum absolute atomic E-state index is 0. The molecule has 0 saturated heterocycles. The molecule has 0 bridgehead atoms. The van der Waals surface area contributed by atoms with Gasteiger partial charge in [-0.1, -0.05) is 49.5 Å². The highest BCUT2D eigenvalue weighted by Crippen LogP contribution is 2.36. The monoisotopic (exact) mass is 1840 g/mol. The highest BCUT2D eigenvalue weighted by molar-refractivity contribution is 7.99. The lowest BCUT2D eigenvalue weighted by Gasteiger charge is -2.17. The Kier molecular flexibility index (Phi) is 59.7. The number of aliphatic carboxylic acids is 1. The Hall–Kier alpha value is -9.42. The summed E-state index contributed by atoms with van der Waals surface area (Å²) in [6, 6.07) is 34.4. The van der Waals surface area contributed by atoms with Crippen molar-refractivity contribution in [3.8, 4) is 40.2 Å². The molecule has 3 atom stereocenters. The topological polar surface area (TPSA) is 279 Å². The summed E-state index contributed by atoms with van der Waals surface area (Å²) < 4.78 is 200. The summed E-state index contributed by atoms with van der Waals surface area (Å²) in [5, 5.41) is 43.0. The number of aliphatic hydroxyl groups is 3. The summed E-state index contributed by atoms with van der Waals surface area (Å²) in [6.45, 7) is 24.3. The van der Waals surface area contributed by atoms with Crippen LogP contribution in [0.3, 0.4) is 0 Å². The van der Waals surface area contributed by atoms with E-state index in [1.54, 1.807) is 70.3 Å². The Morgan fingerprint density at radius 3 is 0.912 bits per heavy atom. The number of aryl methyl sites for hydroxylation is 3. The van der Waals surface area contributed by atoms with E-state index < -0.39 is 76.8 Å². The van der Waals surface area contributed by atoms with Crippen LogP contribution in [-0.2, 0) is 67.6 Å². The van der Waals surface area contributed by atoms with Gasteiger partial charge in [0.25, 0.3) is 0 Å². The first-order chi connectivity index (χ1) is 58.0. The summed E-state index contributed by atoms with van der Waals surface area (Å²) in [5.41, 5.74) is -0.110. The van der Waals surface area contributed by atoms with E-state index in [2.05, 4.69) is 19.6 Å². The molecule has 0 radical (unpaired) electrons. The van der Waals surface area contributed by atoms with Gasteiger partial charge in [0.2, 0.25) is 0 Å². The zero-order valence-corrected chi connectivity index (χ0v) is 73.1. The number of carbonyl (C=O) groups excluding carboxylic acids is 4. The number of phenols is 1. The molecule has 0 heterocycles. The number of alkyl halides is 12. The van der Waals surface area contributed by atoms with Gasteiger partial charge in [-0.15, -0.1) is 36.2 Å². The molecule has 0 saturated carbocycles. The van der Waals surface area contributed by atoms with Crippen LogP contribution in [0.25, 0.3) is 0 Å². The van der Waals surface area contributed by atoms with Crippen molar-refractivity contribution in [3.05, 3.63) is 191 Å². The number of aliphatic hydroxyl groups excluding tert-OH is 3. The lowest BCUT2D eigenvalue weighted by atomic mass is 10.1. The van der Waals surface area contributed by atoms with Gasteiger partial charge in [0.15, 0.2) is 25.7 Å². The quantitative estimate of drug-likeness (QED) is 0.00524. The van der Waals surface area contributed by atoms with E-state index >= 15 is 0 Å². The molecule has 702 valence electrons. The number of ether oxygens (including phenoxy) is 10. The first-order valence-electron chi connectivity index (χ1n) is 39.1. The van der Waals surface area contributed by atoms with Crippen molar-refractivity contribution in [2.75, 3.05) is 97.4 Å². The number of phenolic OH excluding ortho intramolecular Hbond substituents is 1. The molecule has 0 fully saturated rings. The standard InChI is InChI=1S/C23H27F3O4S.C21H23F3O4S.C12H15F3O2.C11H14O3S.C9H16O4.C7H5F3O.C5H12O2.2CH4/c1-4-17(13-29-19-8-6-18(7-9-19)23(24,25)26)15-31-20-10-11-21(16(3)12-20)30-14-22(27)28-5-2;1-3-15(11-27-17-6-4-16(5-7-17)21(22,23)24)13-29-18-8-9-19(14(2)10-18)28-12-20(25)26;1-2-9(7-16)8-17-11-5-3-10(4-6-11)12(13,14)15;1-3-13-11(12)7-14-10-5-4-9(15)6-8(10)2;1-4-7(8(10)12-5-2)9(11)13-6-3;8-7(9,10)5-1-3-6(11)4-2-5;1-2-5(3-6)4-7;;/h6-12,17H,4-5,13-15H2,1-3H3;4-10,15H,3,11-13H2,1-2H3,(H,25,26);3-6,9,16H,2,7-8H2,1H3;4-6,15H,3,7H2,1-2H3;7H,4-6H2,1-3H3;1-4,11H;5-7H,2-4H2,1H3;2*1H4. The molecule has 3 unspecified atom stereocenters. The second-order valence-electron chi connectivity index (χ2n) is 26.5. The van der Waals surface area contributed by atoms with Crippen LogP contribution in [0.2, 0.25) is 0 Å². The van der Waals surface area contributed by atoms with Crippen molar-refractivity contribution in [1.82, 2.24) is 0 Å². The average Bonchev–Trinajstić information content (AvgIpc) is 0.770. The van der Waals surface area contributed by atoms with Gasteiger partial charge >= 0.3 is 54.6 Å². The van der Waals surface area contributed by atoms with Crippen molar-refractivity contribution < 1.29 is 150 Å². The van der Waals surface area contributed by atoms with Crippen LogP contribution in [0.15, 0.2) is 166 Å². The number of thioether (sulfide) groups is 2. The van der Waals surface area contributed by atoms with Gasteiger partial charge in [-0.25, -0.2) is 14.4 Å². The van der Waals surface area contributed by atoms with Gasteiger partial charge in [0, 0.05) is 69.7 Å². The smallest absolute Gasteiger partial charge is 0.416 e. The van der Waals surface area contributed by atoms with Gasteiger partial charge in [0.05, 0.1) is 68.5 Å². The molecule has 35 heteroatoms. The maximum Gasteiger partial charge on any atom is 0.416 e. The maximum atomic E-state index is 12.6. The Morgan fingerprint density at radius 2 is 0.656 bits per heavy atom. The first-order valence-corrected chi connectivity index (χ1v) is 41.5. The first kappa shape index (κ1) is 118. The molecule has 0 aliphatic rings. The second-order valence-corrected chi connectivity index (χ2v) is 29.2. The number of esters is 4. The van der Waals surface area contributed by atoms with Crippen LogP contribution in [0, 0.1) is 50.4 Å².